The van der Waals surface area contributed by atoms with Gasteiger partial charge in [0.25, 0.3) is 0 Å². The summed E-state index contributed by atoms with van der Waals surface area (Å²) >= 11 is 0. The molecule has 1 aliphatic heterocycles. The van der Waals surface area contributed by atoms with Crippen LogP contribution in [0.1, 0.15) is 38.2 Å². The first-order chi connectivity index (χ1) is 11.7. The highest BCUT2D eigenvalue weighted by atomic mass is 127. The van der Waals surface area contributed by atoms with Crippen molar-refractivity contribution in [3.63, 3.8) is 0 Å². The molecule has 0 bridgehead atoms. The van der Waals surface area contributed by atoms with Gasteiger partial charge >= 0.3 is 0 Å². The molecule has 1 unspecified atom stereocenters. The van der Waals surface area contributed by atoms with Crippen molar-refractivity contribution >= 4 is 29.9 Å². The number of hydrogen-bond donors (Lipinski definition) is 2. The molecule has 1 heterocycles. The average molecular weight is 461 g/mol. The zero-order valence-electron chi connectivity index (χ0n) is 15.6. The highest BCUT2D eigenvalue weighted by Gasteiger charge is 2.20. The third-order valence-electron chi connectivity index (χ3n) is 4.03. The summed E-state index contributed by atoms with van der Waals surface area (Å²) in [6, 6.07) is 8.30. The van der Waals surface area contributed by atoms with Gasteiger partial charge in [-0.15, -0.1) is 24.0 Å². The van der Waals surface area contributed by atoms with Crippen molar-refractivity contribution in [1.82, 2.24) is 10.6 Å². The lowest BCUT2D eigenvalue weighted by atomic mass is 9.93. The number of para-hydroxylation sites is 1. The van der Waals surface area contributed by atoms with Crippen LogP contribution in [0, 0.1) is 5.92 Å². The molecule has 2 rings (SSSR count). The number of hydrogen-bond acceptors (Lipinski definition) is 3. The van der Waals surface area contributed by atoms with Crippen molar-refractivity contribution in [1.29, 1.82) is 0 Å². The van der Waals surface area contributed by atoms with Crippen molar-refractivity contribution in [3.8, 4) is 5.75 Å². The molecular weight excluding hydrogens is 429 g/mol. The summed E-state index contributed by atoms with van der Waals surface area (Å²) in [6.45, 7) is 8.46. The Hall–Kier alpha value is -1.02. The Bertz CT molecular complexity index is 523. The lowest BCUT2D eigenvalue weighted by molar-refractivity contribution is 0.108. The molecule has 0 spiro atoms. The van der Waals surface area contributed by atoms with Crippen LogP contribution in [-0.2, 0) is 4.74 Å². The molecule has 1 aromatic rings. The summed E-state index contributed by atoms with van der Waals surface area (Å²) in [5.41, 5.74) is 1.29. The Labute approximate surface area is 169 Å². The topological polar surface area (TPSA) is 54.9 Å². The number of aliphatic imine (C=N–C) groups is 1. The monoisotopic (exact) mass is 461 g/mol. The first-order valence-electron chi connectivity index (χ1n) is 8.94. The molecule has 6 heteroatoms. The lowest BCUT2D eigenvalue weighted by Gasteiger charge is -2.26. The summed E-state index contributed by atoms with van der Waals surface area (Å²) in [5, 5.41) is 6.78. The second-order valence-corrected chi connectivity index (χ2v) is 6.57. The minimum atomic E-state index is 0. The zero-order chi connectivity index (χ0) is 17.2. The van der Waals surface area contributed by atoms with Gasteiger partial charge in [0.1, 0.15) is 5.75 Å². The molecule has 5 nitrogen and oxygen atoms in total. The van der Waals surface area contributed by atoms with Crippen LogP contribution in [0.4, 0.5) is 0 Å². The van der Waals surface area contributed by atoms with Crippen LogP contribution in [0.25, 0.3) is 0 Å². The number of ether oxygens (including phenoxy) is 2. The first kappa shape index (κ1) is 22.0. The quantitative estimate of drug-likeness (QED) is 0.270. The van der Waals surface area contributed by atoms with Gasteiger partial charge in [-0.05, 0) is 30.4 Å². The van der Waals surface area contributed by atoms with Crippen LogP contribution in [-0.4, -0.2) is 45.9 Å². The molecule has 1 aliphatic rings. The Balaban J connectivity index is 0.00000312. The predicted octanol–water partition coefficient (Wildman–Crippen LogP) is 3.40. The minimum absolute atomic E-state index is 0. The predicted molar refractivity (Wildman–Crippen MR) is 114 cm³/mol. The van der Waals surface area contributed by atoms with Gasteiger partial charge in [-0.3, -0.25) is 4.99 Å². The van der Waals surface area contributed by atoms with E-state index in [1.807, 2.05) is 19.2 Å². The summed E-state index contributed by atoms with van der Waals surface area (Å²) < 4.78 is 11.3. The van der Waals surface area contributed by atoms with Crippen LogP contribution in [0.15, 0.2) is 29.3 Å². The fourth-order valence-corrected chi connectivity index (χ4v) is 2.77. The van der Waals surface area contributed by atoms with Crippen LogP contribution in [0.2, 0.25) is 0 Å². The molecule has 0 aliphatic carbocycles. The van der Waals surface area contributed by atoms with Crippen LogP contribution >= 0.6 is 24.0 Å². The van der Waals surface area contributed by atoms with Crippen molar-refractivity contribution < 1.29 is 9.47 Å². The lowest BCUT2D eigenvalue weighted by Crippen LogP contribution is -2.40. The van der Waals surface area contributed by atoms with E-state index in [4.69, 9.17) is 9.47 Å². The third kappa shape index (κ3) is 7.81. The number of nitrogens with one attached hydrogen (secondary N) is 2. The van der Waals surface area contributed by atoms with E-state index < -0.39 is 0 Å². The van der Waals surface area contributed by atoms with Gasteiger partial charge in [-0.25, -0.2) is 0 Å². The Morgan fingerprint density at radius 3 is 2.88 bits per heavy atom. The van der Waals surface area contributed by atoms with Crippen LogP contribution < -0.4 is 15.4 Å². The van der Waals surface area contributed by atoms with Crippen molar-refractivity contribution in [2.24, 2.45) is 10.9 Å². The molecule has 0 saturated carbocycles. The molecule has 1 atom stereocenters. The Kier molecular flexibility index (Phi) is 10.9. The Morgan fingerprint density at radius 2 is 2.12 bits per heavy atom. The maximum absolute atomic E-state index is 5.72. The highest BCUT2D eigenvalue weighted by Crippen LogP contribution is 2.32. The van der Waals surface area contributed by atoms with E-state index in [-0.39, 0.29) is 24.0 Å². The molecule has 142 valence electrons. The minimum Gasteiger partial charge on any atom is -0.493 e. The van der Waals surface area contributed by atoms with Crippen LogP contribution in [0.5, 0.6) is 5.75 Å². The van der Waals surface area contributed by atoms with Gasteiger partial charge in [0.15, 0.2) is 5.96 Å². The van der Waals surface area contributed by atoms with Crippen molar-refractivity contribution in [2.75, 3.05) is 40.0 Å². The Morgan fingerprint density at radius 1 is 1.32 bits per heavy atom. The van der Waals surface area contributed by atoms with Crippen LogP contribution in [0.3, 0.4) is 0 Å². The molecule has 0 radical (unpaired) electrons. The van der Waals surface area contributed by atoms with E-state index in [0.717, 1.165) is 57.5 Å². The summed E-state index contributed by atoms with van der Waals surface area (Å²) in [7, 11) is 1.81. The van der Waals surface area contributed by atoms with Crippen molar-refractivity contribution in [2.45, 2.75) is 32.6 Å². The molecule has 0 fully saturated rings. The molecule has 0 amide bonds. The van der Waals surface area contributed by atoms with Crippen molar-refractivity contribution in [3.05, 3.63) is 29.8 Å². The number of guanidine groups is 1. The first-order valence-corrected chi connectivity index (χ1v) is 8.94. The van der Waals surface area contributed by atoms with E-state index in [2.05, 4.69) is 41.6 Å². The van der Waals surface area contributed by atoms with E-state index in [1.54, 1.807) is 0 Å². The normalized spacial score (nSPS) is 16.6. The van der Waals surface area contributed by atoms with Gasteiger partial charge in [-0.2, -0.15) is 0 Å². The average Bonchev–Trinajstić information content (AvgIpc) is 2.60. The largest absolute Gasteiger partial charge is 0.493 e. The van der Waals surface area contributed by atoms with Gasteiger partial charge in [0, 0.05) is 39.3 Å². The smallest absolute Gasteiger partial charge is 0.190 e. The number of benzene rings is 1. The van der Waals surface area contributed by atoms with Gasteiger partial charge in [0.2, 0.25) is 0 Å². The zero-order valence-corrected chi connectivity index (χ0v) is 17.9. The second kappa shape index (κ2) is 12.4. The second-order valence-electron chi connectivity index (χ2n) is 6.57. The standard InChI is InChI=1S/C19H31N3O2.HI/c1-15(2)14-23-11-6-10-21-19(20-3)22-13-16-9-12-24-18-8-5-4-7-17(16)18;/h4-5,7-8,15-16H,6,9-14H2,1-3H3,(H2,20,21,22);1H. The summed E-state index contributed by atoms with van der Waals surface area (Å²) in [4.78, 5) is 4.30. The maximum atomic E-state index is 5.72. The number of fused-ring (bicyclic) bond motifs is 1. The highest BCUT2D eigenvalue weighted by molar-refractivity contribution is 14.0. The van der Waals surface area contributed by atoms with Gasteiger partial charge in [0.05, 0.1) is 6.61 Å². The molecule has 0 aromatic heterocycles. The molecule has 0 saturated heterocycles. The summed E-state index contributed by atoms with van der Waals surface area (Å²) in [6.07, 6.45) is 2.01. The van der Waals surface area contributed by atoms with E-state index in [0.29, 0.717) is 11.8 Å². The fourth-order valence-electron chi connectivity index (χ4n) is 2.77. The fraction of sp³-hybridized carbons (Fsp3) is 0.632. The molecule has 25 heavy (non-hydrogen) atoms. The maximum Gasteiger partial charge on any atom is 0.190 e. The van der Waals surface area contributed by atoms with E-state index >= 15 is 0 Å². The van der Waals surface area contributed by atoms with E-state index in [1.165, 1.54) is 5.56 Å². The molecular formula is C19H32IN3O2. The molecule has 2 N–H and O–H groups in total. The van der Waals surface area contributed by atoms with Gasteiger partial charge < -0.3 is 20.1 Å². The van der Waals surface area contributed by atoms with E-state index in [9.17, 15) is 0 Å². The van der Waals surface area contributed by atoms with Gasteiger partial charge in [-0.1, -0.05) is 32.0 Å². The summed E-state index contributed by atoms with van der Waals surface area (Å²) in [5.74, 6) is 2.92. The SMILES string of the molecule is CN=C(NCCCOCC(C)C)NCC1CCOc2ccccc21.I. The number of nitrogens with zero attached hydrogens (tertiary/aromatic N) is 1. The number of rotatable bonds is 8. The molecule has 1 aromatic carbocycles. The third-order valence-corrected chi connectivity index (χ3v) is 4.03. The number of halogens is 1.